The van der Waals surface area contributed by atoms with Gasteiger partial charge in [0.15, 0.2) is 9.84 Å². The summed E-state index contributed by atoms with van der Waals surface area (Å²) in [5.41, 5.74) is 2.22. The van der Waals surface area contributed by atoms with Crippen LogP contribution in [0.1, 0.15) is 18.4 Å². The molecule has 0 saturated carbocycles. The Morgan fingerprint density at radius 3 is 2.89 bits per heavy atom. The minimum atomic E-state index is -3.05. The zero-order chi connectivity index (χ0) is 19.0. The topological polar surface area (TPSA) is 99.3 Å². The second-order valence-corrected chi connectivity index (χ2v) is 9.63. The third-order valence-electron chi connectivity index (χ3n) is 5.55. The van der Waals surface area contributed by atoms with Crippen molar-refractivity contribution in [3.8, 4) is 0 Å². The van der Waals surface area contributed by atoms with Crippen LogP contribution >= 0.6 is 0 Å². The van der Waals surface area contributed by atoms with E-state index >= 15 is 0 Å². The SMILES string of the molecule is O=C(NCCc1c[nH]c2ccccc12)C1CC(=O)N(C2CCS(=O)(=O)C2)C1. The van der Waals surface area contributed by atoms with Crippen LogP contribution in [0.15, 0.2) is 30.5 Å². The second kappa shape index (κ2) is 6.99. The van der Waals surface area contributed by atoms with Crippen molar-refractivity contribution in [3.63, 3.8) is 0 Å². The number of carbonyl (C=O) groups is 2. The van der Waals surface area contributed by atoms with Gasteiger partial charge in [0.1, 0.15) is 0 Å². The molecule has 2 aliphatic rings. The number of H-pyrrole nitrogens is 1. The van der Waals surface area contributed by atoms with Gasteiger partial charge >= 0.3 is 0 Å². The Kier molecular flexibility index (Phi) is 4.67. The van der Waals surface area contributed by atoms with Gasteiger partial charge in [-0.1, -0.05) is 18.2 Å². The maximum absolute atomic E-state index is 12.5. The molecular weight excluding hydrogens is 366 g/mol. The van der Waals surface area contributed by atoms with E-state index in [0.717, 1.165) is 16.5 Å². The lowest BCUT2D eigenvalue weighted by Gasteiger charge is -2.22. The highest BCUT2D eigenvalue weighted by atomic mass is 32.2. The minimum Gasteiger partial charge on any atom is -0.361 e. The molecule has 7 nitrogen and oxygen atoms in total. The molecule has 2 fully saturated rings. The number of sulfone groups is 1. The normalized spacial score (nSPS) is 24.6. The quantitative estimate of drug-likeness (QED) is 0.792. The molecule has 2 aromatic rings. The summed E-state index contributed by atoms with van der Waals surface area (Å²) in [6.45, 7) is 0.821. The first-order chi connectivity index (χ1) is 12.9. The Balaban J connectivity index is 1.31. The van der Waals surface area contributed by atoms with Gasteiger partial charge in [0.2, 0.25) is 11.8 Å². The van der Waals surface area contributed by atoms with Gasteiger partial charge in [-0.3, -0.25) is 9.59 Å². The van der Waals surface area contributed by atoms with E-state index < -0.39 is 15.8 Å². The molecule has 2 unspecified atom stereocenters. The van der Waals surface area contributed by atoms with Crippen molar-refractivity contribution in [3.05, 3.63) is 36.0 Å². The lowest BCUT2D eigenvalue weighted by atomic mass is 10.1. The average molecular weight is 389 g/mol. The molecule has 144 valence electrons. The number of rotatable bonds is 5. The lowest BCUT2D eigenvalue weighted by Crippen LogP contribution is -2.39. The van der Waals surface area contributed by atoms with Crippen molar-refractivity contribution in [1.29, 1.82) is 0 Å². The standard InChI is InChI=1S/C19H23N3O4S/c23-18-9-14(11-22(18)15-6-8-27(25,26)12-15)19(24)20-7-5-13-10-21-17-4-2-1-3-16(13)17/h1-4,10,14-15,21H,5-9,11-12H2,(H,20,24). The summed E-state index contributed by atoms with van der Waals surface area (Å²) < 4.78 is 23.3. The summed E-state index contributed by atoms with van der Waals surface area (Å²) in [5.74, 6) is -0.500. The highest BCUT2D eigenvalue weighted by Gasteiger charge is 2.41. The summed E-state index contributed by atoms with van der Waals surface area (Å²) >= 11 is 0. The van der Waals surface area contributed by atoms with Gasteiger partial charge in [-0.05, 0) is 24.5 Å². The minimum absolute atomic E-state index is 0.0215. The van der Waals surface area contributed by atoms with E-state index in [1.54, 1.807) is 4.90 Å². The number of para-hydroxylation sites is 1. The van der Waals surface area contributed by atoms with Crippen molar-refractivity contribution in [2.75, 3.05) is 24.6 Å². The summed E-state index contributed by atoms with van der Waals surface area (Å²) in [6.07, 6.45) is 3.30. The number of hydrogen-bond donors (Lipinski definition) is 2. The number of benzene rings is 1. The molecule has 8 heteroatoms. The van der Waals surface area contributed by atoms with Crippen molar-refractivity contribution in [2.24, 2.45) is 5.92 Å². The number of nitrogens with zero attached hydrogens (tertiary/aromatic N) is 1. The molecule has 1 aromatic heterocycles. The Morgan fingerprint density at radius 1 is 1.30 bits per heavy atom. The monoisotopic (exact) mass is 389 g/mol. The van der Waals surface area contributed by atoms with Crippen molar-refractivity contribution >= 4 is 32.6 Å². The first-order valence-electron chi connectivity index (χ1n) is 9.25. The van der Waals surface area contributed by atoms with Crippen LogP contribution in [0.4, 0.5) is 0 Å². The fraction of sp³-hybridized carbons (Fsp3) is 0.474. The van der Waals surface area contributed by atoms with E-state index in [2.05, 4.69) is 10.3 Å². The molecule has 0 aliphatic carbocycles. The first kappa shape index (κ1) is 18.0. The van der Waals surface area contributed by atoms with Gasteiger partial charge in [-0.25, -0.2) is 8.42 Å². The number of fused-ring (bicyclic) bond motifs is 1. The number of aromatic nitrogens is 1. The zero-order valence-electron chi connectivity index (χ0n) is 15.0. The molecule has 1 aromatic carbocycles. The van der Waals surface area contributed by atoms with Crippen LogP contribution in [0.5, 0.6) is 0 Å². The van der Waals surface area contributed by atoms with Crippen LogP contribution in [-0.4, -0.2) is 60.8 Å². The number of aromatic amines is 1. The Morgan fingerprint density at radius 2 is 2.11 bits per heavy atom. The Labute approximate surface area is 158 Å². The molecular formula is C19H23N3O4S. The van der Waals surface area contributed by atoms with E-state index in [4.69, 9.17) is 0 Å². The first-order valence-corrected chi connectivity index (χ1v) is 11.1. The number of nitrogens with one attached hydrogen (secondary N) is 2. The highest BCUT2D eigenvalue weighted by molar-refractivity contribution is 7.91. The molecule has 2 amide bonds. The molecule has 2 aliphatic heterocycles. The van der Waals surface area contributed by atoms with Crippen LogP contribution in [0.2, 0.25) is 0 Å². The molecule has 2 N–H and O–H groups in total. The number of carbonyl (C=O) groups excluding carboxylic acids is 2. The van der Waals surface area contributed by atoms with Crippen molar-refractivity contribution in [2.45, 2.75) is 25.3 Å². The van der Waals surface area contributed by atoms with Crippen LogP contribution in [0.25, 0.3) is 10.9 Å². The van der Waals surface area contributed by atoms with Gasteiger partial charge in [0.05, 0.1) is 17.4 Å². The van der Waals surface area contributed by atoms with Gasteiger partial charge in [0, 0.05) is 42.7 Å². The van der Waals surface area contributed by atoms with Crippen molar-refractivity contribution < 1.29 is 18.0 Å². The summed E-state index contributed by atoms with van der Waals surface area (Å²) in [4.78, 5) is 29.5. The molecule has 0 spiro atoms. The largest absolute Gasteiger partial charge is 0.361 e. The Hall–Kier alpha value is -2.35. The smallest absolute Gasteiger partial charge is 0.225 e. The van der Waals surface area contributed by atoms with Crippen LogP contribution < -0.4 is 5.32 Å². The molecule has 2 saturated heterocycles. The van der Waals surface area contributed by atoms with E-state index in [-0.39, 0.29) is 35.8 Å². The summed E-state index contributed by atoms with van der Waals surface area (Å²) in [7, 11) is -3.05. The van der Waals surface area contributed by atoms with Crippen LogP contribution in [0, 0.1) is 5.92 Å². The van der Waals surface area contributed by atoms with E-state index in [1.807, 2.05) is 30.5 Å². The van der Waals surface area contributed by atoms with Crippen molar-refractivity contribution in [1.82, 2.24) is 15.2 Å². The lowest BCUT2D eigenvalue weighted by molar-refractivity contribution is -0.130. The molecule has 0 radical (unpaired) electrons. The predicted octanol–water partition coefficient (Wildman–Crippen LogP) is 0.862. The Bertz CT molecular complexity index is 982. The fourth-order valence-electron chi connectivity index (χ4n) is 4.08. The van der Waals surface area contributed by atoms with E-state index in [9.17, 15) is 18.0 Å². The highest BCUT2D eigenvalue weighted by Crippen LogP contribution is 2.26. The zero-order valence-corrected chi connectivity index (χ0v) is 15.8. The molecule has 3 heterocycles. The second-order valence-electron chi connectivity index (χ2n) is 7.40. The third-order valence-corrected chi connectivity index (χ3v) is 7.30. The van der Waals surface area contributed by atoms with Crippen LogP contribution in [0.3, 0.4) is 0 Å². The van der Waals surface area contributed by atoms with Gasteiger partial charge < -0.3 is 15.2 Å². The fourth-order valence-corrected chi connectivity index (χ4v) is 5.82. The number of likely N-dealkylation sites (tertiary alicyclic amines) is 1. The molecule has 27 heavy (non-hydrogen) atoms. The maximum atomic E-state index is 12.5. The predicted molar refractivity (Wildman–Crippen MR) is 102 cm³/mol. The van der Waals surface area contributed by atoms with E-state index in [0.29, 0.717) is 25.9 Å². The average Bonchev–Trinajstić information content (AvgIpc) is 3.32. The maximum Gasteiger partial charge on any atom is 0.225 e. The third kappa shape index (κ3) is 3.71. The molecule has 0 bridgehead atoms. The summed E-state index contributed by atoms with van der Waals surface area (Å²) in [5, 5.41) is 4.08. The van der Waals surface area contributed by atoms with Crippen LogP contribution in [-0.2, 0) is 25.8 Å². The number of amides is 2. The molecule has 2 atom stereocenters. The van der Waals surface area contributed by atoms with Gasteiger partial charge in [-0.15, -0.1) is 0 Å². The summed E-state index contributed by atoms with van der Waals surface area (Å²) in [6, 6.07) is 7.75. The molecule has 4 rings (SSSR count). The number of hydrogen-bond acceptors (Lipinski definition) is 4. The van der Waals surface area contributed by atoms with Gasteiger partial charge in [-0.2, -0.15) is 0 Å². The van der Waals surface area contributed by atoms with E-state index in [1.165, 1.54) is 0 Å². The van der Waals surface area contributed by atoms with Gasteiger partial charge in [0.25, 0.3) is 0 Å².